The van der Waals surface area contributed by atoms with Crippen molar-refractivity contribution in [2.45, 2.75) is 19.8 Å². The third-order valence-electron chi connectivity index (χ3n) is 3.84. The van der Waals surface area contributed by atoms with Crippen molar-refractivity contribution in [1.29, 1.82) is 0 Å². The van der Waals surface area contributed by atoms with E-state index in [0.29, 0.717) is 0 Å². The molecule has 114 valence electrons. The minimum atomic E-state index is -0.671. The number of carbonyl (C=O) groups excluding carboxylic acids is 2. The summed E-state index contributed by atoms with van der Waals surface area (Å²) in [5.74, 6) is -0.426. The number of rotatable bonds is 6. The molecular formula is C19H20O3. The number of hydrogen-bond donors (Lipinski definition) is 0. The molecule has 0 saturated carbocycles. The first-order valence-electron chi connectivity index (χ1n) is 7.24. The summed E-state index contributed by atoms with van der Waals surface area (Å²) in [6, 6.07) is 17.2. The standard InChI is InChI=1S/C19H20O3/c1-13(20)18(14(2)21)19(15-7-5-4-6-8-15)16-9-11-17(22-3)12-10-16/h4-12,18-19H,1-3H3. The van der Waals surface area contributed by atoms with E-state index in [2.05, 4.69) is 0 Å². The van der Waals surface area contributed by atoms with Gasteiger partial charge in [-0.2, -0.15) is 0 Å². The summed E-state index contributed by atoms with van der Waals surface area (Å²) in [7, 11) is 1.61. The van der Waals surface area contributed by atoms with Crippen LogP contribution in [-0.4, -0.2) is 18.7 Å². The Balaban J connectivity index is 2.53. The largest absolute Gasteiger partial charge is 0.497 e. The van der Waals surface area contributed by atoms with Crippen LogP contribution in [0.15, 0.2) is 54.6 Å². The van der Waals surface area contributed by atoms with Crippen molar-refractivity contribution in [2.24, 2.45) is 5.92 Å². The maximum Gasteiger partial charge on any atom is 0.141 e. The Morgan fingerprint density at radius 2 is 1.32 bits per heavy atom. The number of carbonyl (C=O) groups is 2. The van der Waals surface area contributed by atoms with Crippen molar-refractivity contribution in [1.82, 2.24) is 0 Å². The van der Waals surface area contributed by atoms with Crippen molar-refractivity contribution in [3.8, 4) is 5.75 Å². The molecule has 3 heteroatoms. The molecule has 0 saturated heterocycles. The molecule has 0 aliphatic rings. The summed E-state index contributed by atoms with van der Waals surface area (Å²) >= 11 is 0. The molecule has 2 aromatic rings. The fourth-order valence-electron chi connectivity index (χ4n) is 2.80. The van der Waals surface area contributed by atoms with Crippen molar-refractivity contribution in [3.05, 3.63) is 65.7 Å². The van der Waals surface area contributed by atoms with E-state index in [1.54, 1.807) is 7.11 Å². The van der Waals surface area contributed by atoms with E-state index in [4.69, 9.17) is 4.74 Å². The van der Waals surface area contributed by atoms with E-state index in [-0.39, 0.29) is 17.5 Å². The molecule has 0 spiro atoms. The SMILES string of the molecule is COc1ccc(C(c2ccccc2)C(C(C)=O)C(C)=O)cc1. The highest BCUT2D eigenvalue weighted by Crippen LogP contribution is 2.34. The summed E-state index contributed by atoms with van der Waals surface area (Å²) in [6.07, 6.45) is 0. The second-order valence-electron chi connectivity index (χ2n) is 5.36. The van der Waals surface area contributed by atoms with Crippen LogP contribution in [0.3, 0.4) is 0 Å². The Kier molecular flexibility index (Phi) is 5.10. The van der Waals surface area contributed by atoms with Gasteiger partial charge in [-0.1, -0.05) is 42.5 Å². The van der Waals surface area contributed by atoms with Gasteiger partial charge >= 0.3 is 0 Å². The smallest absolute Gasteiger partial charge is 0.141 e. The van der Waals surface area contributed by atoms with Crippen molar-refractivity contribution >= 4 is 11.6 Å². The third kappa shape index (κ3) is 3.42. The van der Waals surface area contributed by atoms with Crippen molar-refractivity contribution < 1.29 is 14.3 Å². The number of ether oxygens (including phenoxy) is 1. The lowest BCUT2D eigenvalue weighted by Crippen LogP contribution is -2.27. The van der Waals surface area contributed by atoms with Crippen molar-refractivity contribution in [3.63, 3.8) is 0 Å². The Bertz CT molecular complexity index is 630. The van der Waals surface area contributed by atoms with Crippen LogP contribution < -0.4 is 4.74 Å². The molecule has 0 aromatic heterocycles. The molecule has 0 aliphatic heterocycles. The zero-order valence-corrected chi connectivity index (χ0v) is 13.1. The van der Waals surface area contributed by atoms with E-state index >= 15 is 0 Å². The van der Waals surface area contributed by atoms with Gasteiger partial charge in [0, 0.05) is 5.92 Å². The Labute approximate surface area is 130 Å². The average Bonchev–Trinajstić information content (AvgIpc) is 2.52. The van der Waals surface area contributed by atoms with Crippen molar-refractivity contribution in [2.75, 3.05) is 7.11 Å². The lowest BCUT2D eigenvalue weighted by molar-refractivity contribution is -0.130. The maximum atomic E-state index is 12.1. The molecule has 0 radical (unpaired) electrons. The molecular weight excluding hydrogens is 276 g/mol. The monoisotopic (exact) mass is 296 g/mol. The van der Waals surface area contributed by atoms with Crippen LogP contribution in [0.4, 0.5) is 0 Å². The molecule has 0 amide bonds. The molecule has 2 aromatic carbocycles. The molecule has 0 bridgehead atoms. The van der Waals surface area contributed by atoms with Crippen LogP contribution >= 0.6 is 0 Å². The first-order valence-corrected chi connectivity index (χ1v) is 7.24. The summed E-state index contributed by atoms with van der Waals surface area (Å²) < 4.78 is 5.18. The summed E-state index contributed by atoms with van der Waals surface area (Å²) in [5.41, 5.74) is 1.89. The van der Waals surface area contributed by atoms with Crippen LogP contribution in [0.1, 0.15) is 30.9 Å². The predicted octanol–water partition coefficient (Wildman–Crippen LogP) is 3.62. The fourth-order valence-corrected chi connectivity index (χ4v) is 2.80. The van der Waals surface area contributed by atoms with Gasteiger partial charge in [0.15, 0.2) is 0 Å². The lowest BCUT2D eigenvalue weighted by atomic mass is 9.77. The van der Waals surface area contributed by atoms with Gasteiger partial charge in [0.25, 0.3) is 0 Å². The van der Waals surface area contributed by atoms with Gasteiger partial charge in [0.05, 0.1) is 13.0 Å². The molecule has 0 fully saturated rings. The molecule has 1 unspecified atom stereocenters. The van der Waals surface area contributed by atoms with Gasteiger partial charge in [0.2, 0.25) is 0 Å². The Morgan fingerprint density at radius 3 is 1.77 bits per heavy atom. The second-order valence-corrected chi connectivity index (χ2v) is 5.36. The highest BCUT2D eigenvalue weighted by Gasteiger charge is 2.32. The minimum absolute atomic E-state index is 0.114. The quantitative estimate of drug-likeness (QED) is 0.765. The van der Waals surface area contributed by atoms with Crippen LogP contribution in [0.5, 0.6) is 5.75 Å². The number of Topliss-reactive ketones (excluding diaryl/α,β-unsaturated/α-hetero) is 2. The van der Waals surface area contributed by atoms with Gasteiger partial charge in [0.1, 0.15) is 17.3 Å². The van der Waals surface area contributed by atoms with E-state index in [9.17, 15) is 9.59 Å². The first-order chi connectivity index (χ1) is 10.5. The van der Waals surface area contributed by atoms with Crippen LogP contribution in [0.2, 0.25) is 0 Å². The van der Waals surface area contributed by atoms with E-state index in [1.807, 2.05) is 54.6 Å². The van der Waals surface area contributed by atoms with Gasteiger partial charge < -0.3 is 4.74 Å². The molecule has 0 aliphatic carbocycles. The highest BCUT2D eigenvalue weighted by molar-refractivity contribution is 6.01. The van der Waals surface area contributed by atoms with Gasteiger partial charge in [-0.25, -0.2) is 0 Å². The molecule has 2 rings (SSSR count). The van der Waals surface area contributed by atoms with E-state index < -0.39 is 5.92 Å². The summed E-state index contributed by atoms with van der Waals surface area (Å²) in [6.45, 7) is 2.96. The number of methoxy groups -OCH3 is 1. The van der Waals surface area contributed by atoms with E-state index in [1.165, 1.54) is 13.8 Å². The van der Waals surface area contributed by atoms with Gasteiger partial charge in [-0.05, 0) is 37.1 Å². The zero-order valence-electron chi connectivity index (χ0n) is 13.1. The lowest BCUT2D eigenvalue weighted by Gasteiger charge is -2.24. The number of ketones is 2. The molecule has 0 N–H and O–H groups in total. The number of benzene rings is 2. The average molecular weight is 296 g/mol. The van der Waals surface area contributed by atoms with Gasteiger partial charge in [-0.15, -0.1) is 0 Å². The fraction of sp³-hybridized carbons (Fsp3) is 0.263. The summed E-state index contributed by atoms with van der Waals surface area (Å²) in [5, 5.41) is 0. The molecule has 22 heavy (non-hydrogen) atoms. The minimum Gasteiger partial charge on any atom is -0.497 e. The van der Waals surface area contributed by atoms with Crippen LogP contribution in [-0.2, 0) is 9.59 Å². The predicted molar refractivity (Wildman–Crippen MR) is 86.1 cm³/mol. The zero-order chi connectivity index (χ0) is 16.1. The third-order valence-corrected chi connectivity index (χ3v) is 3.84. The Hall–Kier alpha value is -2.42. The van der Waals surface area contributed by atoms with Gasteiger partial charge in [-0.3, -0.25) is 9.59 Å². The summed E-state index contributed by atoms with van der Waals surface area (Å²) in [4.78, 5) is 24.1. The molecule has 1 atom stereocenters. The number of hydrogen-bond acceptors (Lipinski definition) is 3. The van der Waals surface area contributed by atoms with Crippen LogP contribution in [0.25, 0.3) is 0 Å². The molecule has 0 heterocycles. The van der Waals surface area contributed by atoms with E-state index in [0.717, 1.165) is 16.9 Å². The highest BCUT2D eigenvalue weighted by atomic mass is 16.5. The second kappa shape index (κ2) is 7.03. The Morgan fingerprint density at radius 1 is 0.818 bits per heavy atom. The maximum absolute atomic E-state index is 12.1. The topological polar surface area (TPSA) is 43.4 Å². The van der Waals surface area contributed by atoms with Crippen LogP contribution in [0, 0.1) is 5.92 Å². The first kappa shape index (κ1) is 16.0. The normalized spacial score (nSPS) is 12.0. The molecule has 3 nitrogen and oxygen atoms in total.